The van der Waals surface area contributed by atoms with Crippen molar-refractivity contribution in [3.8, 4) is 11.8 Å². The Balaban J connectivity index is 1.83. The predicted octanol–water partition coefficient (Wildman–Crippen LogP) is 3.33. The van der Waals surface area contributed by atoms with E-state index in [0.717, 1.165) is 6.42 Å². The second kappa shape index (κ2) is 6.86. The molecule has 1 aliphatic heterocycles. The van der Waals surface area contributed by atoms with Gasteiger partial charge < -0.3 is 14.4 Å². The lowest BCUT2D eigenvalue weighted by molar-refractivity contribution is 0.0285. The Labute approximate surface area is 135 Å². The third-order valence-electron chi connectivity index (χ3n) is 3.48. The average molecular weight is 320 g/mol. The van der Waals surface area contributed by atoms with Crippen molar-refractivity contribution in [3.63, 3.8) is 0 Å². The fraction of sp³-hybridized carbons (Fsp3) is 0.529. The van der Waals surface area contributed by atoms with E-state index < -0.39 is 11.4 Å². The van der Waals surface area contributed by atoms with Gasteiger partial charge in [0.1, 0.15) is 23.2 Å². The number of hydrogen-bond donors (Lipinski definition) is 0. The molecule has 1 aromatic rings. The summed E-state index contributed by atoms with van der Waals surface area (Å²) >= 11 is 0. The van der Waals surface area contributed by atoms with E-state index in [1.165, 1.54) is 12.1 Å². The summed E-state index contributed by atoms with van der Waals surface area (Å²) in [6, 6.07) is 5.94. The van der Waals surface area contributed by atoms with Crippen LogP contribution < -0.4 is 4.74 Å². The first-order valence-corrected chi connectivity index (χ1v) is 7.59. The molecule has 2 rings (SSSR count). The van der Waals surface area contributed by atoms with Gasteiger partial charge >= 0.3 is 6.09 Å². The lowest BCUT2D eigenvalue weighted by atomic mass is 10.1. The Morgan fingerprint density at radius 3 is 2.83 bits per heavy atom. The summed E-state index contributed by atoms with van der Waals surface area (Å²) in [5.41, 5.74) is -0.514. The summed E-state index contributed by atoms with van der Waals surface area (Å²) in [6.45, 7) is 7.09. The maximum atomic E-state index is 13.5. The quantitative estimate of drug-likeness (QED) is 0.857. The van der Waals surface area contributed by atoms with Crippen molar-refractivity contribution in [2.45, 2.75) is 32.8 Å². The largest absolute Gasteiger partial charge is 0.493 e. The number of amides is 1. The molecule has 0 aliphatic carbocycles. The highest BCUT2D eigenvalue weighted by Crippen LogP contribution is 2.22. The van der Waals surface area contributed by atoms with Crippen LogP contribution in [0.4, 0.5) is 9.18 Å². The van der Waals surface area contributed by atoms with Crippen LogP contribution in [0.5, 0.6) is 5.75 Å². The van der Waals surface area contributed by atoms with E-state index in [-0.39, 0.29) is 17.6 Å². The molecule has 0 bridgehead atoms. The van der Waals surface area contributed by atoms with E-state index in [2.05, 4.69) is 0 Å². The molecular formula is C17H21FN2O3. The summed E-state index contributed by atoms with van der Waals surface area (Å²) in [4.78, 5) is 13.6. The van der Waals surface area contributed by atoms with E-state index in [1.54, 1.807) is 17.0 Å². The van der Waals surface area contributed by atoms with E-state index >= 15 is 0 Å². The van der Waals surface area contributed by atoms with Crippen LogP contribution in [0, 0.1) is 23.1 Å². The molecule has 124 valence electrons. The molecule has 1 heterocycles. The average Bonchev–Trinajstić information content (AvgIpc) is 2.92. The molecule has 0 N–H and O–H groups in total. The van der Waals surface area contributed by atoms with Crippen molar-refractivity contribution in [1.29, 1.82) is 5.26 Å². The third-order valence-corrected chi connectivity index (χ3v) is 3.48. The fourth-order valence-corrected chi connectivity index (χ4v) is 2.35. The molecule has 0 aromatic heterocycles. The van der Waals surface area contributed by atoms with Gasteiger partial charge in [-0.3, -0.25) is 0 Å². The molecule has 1 amide bonds. The van der Waals surface area contributed by atoms with Gasteiger partial charge in [-0.25, -0.2) is 9.18 Å². The van der Waals surface area contributed by atoms with Crippen molar-refractivity contribution in [2.75, 3.05) is 19.7 Å². The smallest absolute Gasteiger partial charge is 0.410 e. The molecule has 0 saturated carbocycles. The number of rotatable bonds is 3. The van der Waals surface area contributed by atoms with Crippen LogP contribution in [0.2, 0.25) is 0 Å². The summed E-state index contributed by atoms with van der Waals surface area (Å²) < 4.78 is 24.4. The van der Waals surface area contributed by atoms with Crippen LogP contribution in [-0.4, -0.2) is 36.3 Å². The van der Waals surface area contributed by atoms with Gasteiger partial charge in [0, 0.05) is 25.1 Å². The molecule has 0 unspecified atom stereocenters. The number of halogens is 1. The van der Waals surface area contributed by atoms with Gasteiger partial charge in [-0.1, -0.05) is 0 Å². The minimum atomic E-state index is -0.591. The number of carbonyl (C=O) groups is 1. The third kappa shape index (κ3) is 4.85. The normalized spacial score (nSPS) is 17.7. The minimum Gasteiger partial charge on any atom is -0.493 e. The zero-order chi connectivity index (χ0) is 17.0. The summed E-state index contributed by atoms with van der Waals surface area (Å²) in [5, 5.41) is 8.69. The molecular weight excluding hydrogens is 299 g/mol. The summed E-state index contributed by atoms with van der Waals surface area (Å²) in [6.07, 6.45) is 0.502. The van der Waals surface area contributed by atoms with Crippen LogP contribution in [0.15, 0.2) is 18.2 Å². The highest BCUT2D eigenvalue weighted by molar-refractivity contribution is 5.68. The van der Waals surface area contributed by atoms with Gasteiger partial charge in [0.05, 0.1) is 12.2 Å². The molecule has 1 aliphatic rings. The lowest BCUT2D eigenvalue weighted by Gasteiger charge is -2.24. The van der Waals surface area contributed by atoms with Crippen molar-refractivity contribution in [1.82, 2.24) is 4.90 Å². The van der Waals surface area contributed by atoms with Gasteiger partial charge in [0.15, 0.2) is 0 Å². The molecule has 1 saturated heterocycles. The first-order chi connectivity index (χ1) is 10.8. The number of hydrogen-bond acceptors (Lipinski definition) is 4. The highest BCUT2D eigenvalue weighted by Gasteiger charge is 2.30. The lowest BCUT2D eigenvalue weighted by Crippen LogP contribution is -2.35. The monoisotopic (exact) mass is 320 g/mol. The number of benzene rings is 1. The molecule has 23 heavy (non-hydrogen) atoms. The van der Waals surface area contributed by atoms with Crippen molar-refractivity contribution in [3.05, 3.63) is 29.6 Å². The standard InChI is InChI=1S/C17H21FN2O3/c1-17(2,3)23-16(21)20-7-6-12(10-20)11-22-14-5-4-13(9-19)15(18)8-14/h4-5,8,12H,6-7,10-11H2,1-3H3/t12-/m0/s1. The Bertz CT molecular complexity index is 619. The van der Waals surface area contributed by atoms with Crippen LogP contribution >= 0.6 is 0 Å². The van der Waals surface area contributed by atoms with Crippen LogP contribution in [-0.2, 0) is 4.74 Å². The molecule has 6 heteroatoms. The van der Waals surface area contributed by atoms with Crippen LogP contribution in [0.1, 0.15) is 32.8 Å². The SMILES string of the molecule is CC(C)(C)OC(=O)N1CC[C@H](COc2ccc(C#N)c(F)c2)C1. The molecule has 0 radical (unpaired) electrons. The Hall–Kier alpha value is -2.29. The number of carbonyl (C=O) groups excluding carboxylic acids is 1. The summed E-state index contributed by atoms with van der Waals surface area (Å²) in [5.74, 6) is -0.0229. The minimum absolute atomic E-state index is 0.00526. The molecule has 1 atom stereocenters. The Morgan fingerprint density at radius 2 is 2.22 bits per heavy atom. The molecule has 5 nitrogen and oxygen atoms in total. The van der Waals surface area contributed by atoms with Gasteiger partial charge in [0.2, 0.25) is 0 Å². The number of nitrogens with zero attached hydrogens (tertiary/aromatic N) is 2. The Morgan fingerprint density at radius 1 is 1.48 bits per heavy atom. The first-order valence-electron chi connectivity index (χ1n) is 7.59. The topological polar surface area (TPSA) is 62.6 Å². The van der Waals surface area contributed by atoms with Gasteiger partial charge in [-0.2, -0.15) is 5.26 Å². The second-order valence-electron chi connectivity index (χ2n) is 6.65. The second-order valence-corrected chi connectivity index (χ2v) is 6.65. The number of ether oxygens (including phenoxy) is 2. The maximum absolute atomic E-state index is 13.5. The van der Waals surface area contributed by atoms with Crippen molar-refractivity contribution < 1.29 is 18.7 Å². The Kier molecular flexibility index (Phi) is 5.09. The zero-order valence-electron chi connectivity index (χ0n) is 13.6. The first kappa shape index (κ1) is 17.1. The van der Waals surface area contributed by atoms with E-state index in [0.29, 0.717) is 25.4 Å². The highest BCUT2D eigenvalue weighted by atomic mass is 19.1. The maximum Gasteiger partial charge on any atom is 0.410 e. The zero-order valence-corrected chi connectivity index (χ0v) is 13.6. The number of likely N-dealkylation sites (tertiary alicyclic amines) is 1. The van der Waals surface area contributed by atoms with Crippen LogP contribution in [0.25, 0.3) is 0 Å². The van der Waals surface area contributed by atoms with Crippen molar-refractivity contribution in [2.24, 2.45) is 5.92 Å². The molecule has 0 spiro atoms. The fourth-order valence-electron chi connectivity index (χ4n) is 2.35. The number of nitriles is 1. The van der Waals surface area contributed by atoms with Gasteiger partial charge in [-0.15, -0.1) is 0 Å². The van der Waals surface area contributed by atoms with E-state index in [4.69, 9.17) is 14.7 Å². The van der Waals surface area contributed by atoms with Gasteiger partial charge in [0.25, 0.3) is 0 Å². The van der Waals surface area contributed by atoms with E-state index in [9.17, 15) is 9.18 Å². The van der Waals surface area contributed by atoms with Crippen molar-refractivity contribution >= 4 is 6.09 Å². The summed E-state index contributed by atoms with van der Waals surface area (Å²) in [7, 11) is 0. The van der Waals surface area contributed by atoms with E-state index in [1.807, 2.05) is 20.8 Å². The predicted molar refractivity (Wildman–Crippen MR) is 82.5 cm³/mol. The van der Waals surface area contributed by atoms with Crippen LogP contribution in [0.3, 0.4) is 0 Å². The van der Waals surface area contributed by atoms with Gasteiger partial charge in [-0.05, 0) is 39.3 Å². The molecule has 1 fully saturated rings. The molecule has 1 aromatic carbocycles.